The lowest BCUT2D eigenvalue weighted by Crippen LogP contribution is -2.44. The van der Waals surface area contributed by atoms with Gasteiger partial charge in [0.25, 0.3) is 5.91 Å². The standard InChI is InChI=1S/C27H25FN2O5/c1-27(2,14-24(31)32)30-25(33)16-11-12-23(22(28)13-16)29-26(34)35-15-21-19-9-5-3-7-17(19)18-8-4-6-10-20(18)21/h3-13,21H,14-15H2,1-2H3,(H,29,34)(H,30,33)(H,31,32). The van der Waals surface area contributed by atoms with Crippen molar-refractivity contribution in [1.82, 2.24) is 5.32 Å². The molecule has 180 valence electrons. The van der Waals surface area contributed by atoms with Crippen LogP contribution in [0.25, 0.3) is 11.1 Å². The van der Waals surface area contributed by atoms with E-state index in [2.05, 4.69) is 10.6 Å². The fraction of sp³-hybridized carbons (Fsp3) is 0.222. The molecule has 3 aromatic rings. The van der Waals surface area contributed by atoms with Crippen LogP contribution in [0.2, 0.25) is 0 Å². The van der Waals surface area contributed by atoms with E-state index in [9.17, 15) is 18.8 Å². The molecule has 1 aliphatic carbocycles. The van der Waals surface area contributed by atoms with Crippen molar-refractivity contribution in [3.05, 3.63) is 89.2 Å². The minimum Gasteiger partial charge on any atom is -0.481 e. The largest absolute Gasteiger partial charge is 0.481 e. The van der Waals surface area contributed by atoms with Gasteiger partial charge in [-0.2, -0.15) is 0 Å². The lowest BCUT2D eigenvalue weighted by atomic mass is 9.98. The highest BCUT2D eigenvalue weighted by atomic mass is 19.1. The Kier molecular flexibility index (Phi) is 6.55. The average Bonchev–Trinajstić information content (AvgIpc) is 3.11. The molecule has 2 amide bonds. The van der Waals surface area contributed by atoms with Gasteiger partial charge in [0.05, 0.1) is 12.1 Å². The summed E-state index contributed by atoms with van der Waals surface area (Å²) >= 11 is 0. The maximum atomic E-state index is 14.6. The number of aliphatic carboxylic acids is 1. The SMILES string of the molecule is CC(C)(CC(=O)O)NC(=O)c1ccc(NC(=O)OCC2c3ccccc3-c3ccccc32)c(F)c1. The Morgan fingerprint density at radius 2 is 1.57 bits per heavy atom. The second-order valence-corrected chi connectivity index (χ2v) is 9.05. The van der Waals surface area contributed by atoms with Crippen molar-refractivity contribution in [2.75, 3.05) is 11.9 Å². The molecule has 4 rings (SSSR count). The number of carboxylic acid groups (broad SMARTS) is 1. The number of carboxylic acids is 1. The van der Waals surface area contributed by atoms with Gasteiger partial charge in [-0.05, 0) is 54.3 Å². The smallest absolute Gasteiger partial charge is 0.411 e. The summed E-state index contributed by atoms with van der Waals surface area (Å²) in [4.78, 5) is 35.7. The Balaban J connectivity index is 1.39. The van der Waals surface area contributed by atoms with E-state index in [0.29, 0.717) is 0 Å². The van der Waals surface area contributed by atoms with Crippen LogP contribution in [0.4, 0.5) is 14.9 Å². The van der Waals surface area contributed by atoms with Gasteiger partial charge in [0.15, 0.2) is 0 Å². The number of anilines is 1. The molecule has 0 atom stereocenters. The number of carbonyl (C=O) groups excluding carboxylic acids is 2. The van der Waals surface area contributed by atoms with Crippen molar-refractivity contribution in [3.8, 4) is 11.1 Å². The highest BCUT2D eigenvalue weighted by molar-refractivity contribution is 5.96. The molecule has 0 saturated heterocycles. The number of benzene rings is 3. The van der Waals surface area contributed by atoms with Crippen LogP contribution in [0.15, 0.2) is 66.7 Å². The highest BCUT2D eigenvalue weighted by Crippen LogP contribution is 2.44. The maximum absolute atomic E-state index is 14.6. The molecular weight excluding hydrogens is 451 g/mol. The van der Waals surface area contributed by atoms with Gasteiger partial charge in [0.1, 0.15) is 12.4 Å². The summed E-state index contributed by atoms with van der Waals surface area (Å²) in [5.74, 6) is -2.63. The number of nitrogens with one attached hydrogen (secondary N) is 2. The van der Waals surface area contributed by atoms with Gasteiger partial charge in [-0.15, -0.1) is 0 Å². The Labute approximate surface area is 201 Å². The second-order valence-electron chi connectivity index (χ2n) is 9.05. The summed E-state index contributed by atoms with van der Waals surface area (Å²) < 4.78 is 20.0. The predicted molar refractivity (Wildman–Crippen MR) is 129 cm³/mol. The Hall–Kier alpha value is -4.20. The summed E-state index contributed by atoms with van der Waals surface area (Å²) in [6.07, 6.45) is -1.10. The molecule has 0 radical (unpaired) electrons. The van der Waals surface area contributed by atoms with Gasteiger partial charge >= 0.3 is 12.1 Å². The Morgan fingerprint density at radius 1 is 0.971 bits per heavy atom. The summed E-state index contributed by atoms with van der Waals surface area (Å²) in [7, 11) is 0. The zero-order chi connectivity index (χ0) is 25.2. The number of hydrogen-bond acceptors (Lipinski definition) is 4. The van der Waals surface area contributed by atoms with Crippen molar-refractivity contribution >= 4 is 23.7 Å². The predicted octanol–water partition coefficient (Wildman–Crippen LogP) is 5.17. The van der Waals surface area contributed by atoms with Gasteiger partial charge in [0.2, 0.25) is 0 Å². The third kappa shape index (κ3) is 5.32. The van der Waals surface area contributed by atoms with Crippen LogP contribution in [-0.2, 0) is 9.53 Å². The van der Waals surface area contributed by atoms with Crippen LogP contribution in [0.3, 0.4) is 0 Å². The molecule has 8 heteroatoms. The van der Waals surface area contributed by atoms with E-state index in [1.807, 2.05) is 48.5 Å². The molecule has 3 N–H and O–H groups in total. The van der Waals surface area contributed by atoms with E-state index in [1.54, 1.807) is 13.8 Å². The topological polar surface area (TPSA) is 105 Å². The van der Waals surface area contributed by atoms with Crippen LogP contribution in [-0.4, -0.2) is 35.2 Å². The third-order valence-corrected chi connectivity index (χ3v) is 5.86. The van der Waals surface area contributed by atoms with Crippen molar-refractivity contribution in [2.24, 2.45) is 0 Å². The van der Waals surface area contributed by atoms with E-state index in [-0.39, 0.29) is 30.2 Å². The van der Waals surface area contributed by atoms with E-state index >= 15 is 0 Å². The first-order valence-electron chi connectivity index (χ1n) is 11.1. The molecule has 35 heavy (non-hydrogen) atoms. The summed E-state index contributed by atoms with van der Waals surface area (Å²) in [6.45, 7) is 3.20. The van der Waals surface area contributed by atoms with Crippen molar-refractivity contribution in [2.45, 2.75) is 31.7 Å². The van der Waals surface area contributed by atoms with E-state index in [0.717, 1.165) is 28.3 Å². The lowest BCUT2D eigenvalue weighted by Gasteiger charge is -2.24. The molecule has 0 aliphatic heterocycles. The monoisotopic (exact) mass is 476 g/mol. The first-order chi connectivity index (χ1) is 16.6. The van der Waals surface area contributed by atoms with E-state index in [1.165, 1.54) is 12.1 Å². The van der Waals surface area contributed by atoms with Crippen LogP contribution >= 0.6 is 0 Å². The first kappa shape index (κ1) is 23.9. The fourth-order valence-corrected chi connectivity index (χ4v) is 4.30. The zero-order valence-corrected chi connectivity index (χ0v) is 19.3. The minimum atomic E-state index is -1.07. The molecule has 0 bridgehead atoms. The van der Waals surface area contributed by atoms with Crippen LogP contribution < -0.4 is 10.6 Å². The van der Waals surface area contributed by atoms with Crippen LogP contribution in [0.5, 0.6) is 0 Å². The molecule has 1 aliphatic rings. The van der Waals surface area contributed by atoms with E-state index in [4.69, 9.17) is 9.84 Å². The quantitative estimate of drug-likeness (QED) is 0.436. The molecule has 0 spiro atoms. The van der Waals surface area contributed by atoms with Crippen molar-refractivity contribution < 1.29 is 28.6 Å². The van der Waals surface area contributed by atoms with Gasteiger partial charge in [-0.1, -0.05) is 48.5 Å². The van der Waals surface area contributed by atoms with Gasteiger partial charge < -0.3 is 15.2 Å². The summed E-state index contributed by atoms with van der Waals surface area (Å²) in [5.41, 5.74) is 3.18. The third-order valence-electron chi connectivity index (χ3n) is 5.86. The van der Waals surface area contributed by atoms with E-state index < -0.39 is 29.3 Å². The Bertz CT molecular complexity index is 1260. The first-order valence-corrected chi connectivity index (χ1v) is 11.1. The van der Waals surface area contributed by atoms with Crippen LogP contribution in [0, 0.1) is 5.82 Å². The molecule has 0 aromatic heterocycles. The molecule has 0 unspecified atom stereocenters. The second kappa shape index (κ2) is 9.58. The lowest BCUT2D eigenvalue weighted by molar-refractivity contribution is -0.138. The van der Waals surface area contributed by atoms with Crippen molar-refractivity contribution in [1.29, 1.82) is 0 Å². The summed E-state index contributed by atoms with van der Waals surface area (Å²) in [5, 5.41) is 13.9. The molecular formula is C27H25FN2O5. The number of fused-ring (bicyclic) bond motifs is 3. The Morgan fingerprint density at radius 3 is 2.14 bits per heavy atom. The molecule has 3 aromatic carbocycles. The highest BCUT2D eigenvalue weighted by Gasteiger charge is 2.29. The van der Waals surface area contributed by atoms with Crippen molar-refractivity contribution in [3.63, 3.8) is 0 Å². The zero-order valence-electron chi connectivity index (χ0n) is 19.3. The number of halogens is 1. The number of ether oxygens (including phenoxy) is 1. The normalized spacial score (nSPS) is 12.4. The number of carbonyl (C=O) groups is 3. The average molecular weight is 477 g/mol. The number of amides is 2. The van der Waals surface area contributed by atoms with Gasteiger partial charge in [-0.3, -0.25) is 14.9 Å². The maximum Gasteiger partial charge on any atom is 0.411 e. The molecule has 0 heterocycles. The minimum absolute atomic E-state index is 0.000879. The number of hydrogen-bond donors (Lipinski definition) is 3. The summed E-state index contributed by atoms with van der Waals surface area (Å²) in [6, 6.07) is 19.5. The molecule has 0 fully saturated rings. The fourth-order valence-electron chi connectivity index (χ4n) is 4.30. The molecule has 0 saturated carbocycles. The van der Waals surface area contributed by atoms with Crippen LogP contribution in [0.1, 0.15) is 47.7 Å². The number of rotatable bonds is 7. The van der Waals surface area contributed by atoms with Gasteiger partial charge in [-0.25, -0.2) is 9.18 Å². The molecule has 7 nitrogen and oxygen atoms in total. The van der Waals surface area contributed by atoms with Gasteiger partial charge in [0, 0.05) is 17.0 Å².